The topological polar surface area (TPSA) is 43.0 Å². The molecule has 0 fully saturated rings. The molecular weight excluding hydrogens is 439 g/mol. The van der Waals surface area contributed by atoms with Crippen LogP contribution in [0.1, 0.15) is 22.5 Å². The molecule has 5 aromatic rings. The van der Waals surface area contributed by atoms with Crippen molar-refractivity contribution in [3.05, 3.63) is 114 Å². The van der Waals surface area contributed by atoms with Gasteiger partial charge in [0.1, 0.15) is 0 Å². The Morgan fingerprint density at radius 1 is 0.735 bits per heavy atom. The van der Waals surface area contributed by atoms with Gasteiger partial charge in [0.05, 0.1) is 17.4 Å². The van der Waals surface area contributed by atoms with Gasteiger partial charge in [-0.2, -0.15) is 18.3 Å². The zero-order valence-corrected chi connectivity index (χ0v) is 18.6. The van der Waals surface area contributed by atoms with Gasteiger partial charge in [0, 0.05) is 22.5 Å². The van der Waals surface area contributed by atoms with Crippen LogP contribution in [0, 0.1) is 13.8 Å². The second kappa shape index (κ2) is 7.88. The fourth-order valence-electron chi connectivity index (χ4n) is 4.47. The van der Waals surface area contributed by atoms with Crippen molar-refractivity contribution in [2.24, 2.45) is 0 Å². The lowest BCUT2D eigenvalue weighted by Gasteiger charge is -2.32. The molecule has 0 radical (unpaired) electrons. The summed E-state index contributed by atoms with van der Waals surface area (Å²) in [6.07, 6.45) is -3.44. The third-order valence-corrected chi connectivity index (χ3v) is 6.19. The second-order valence-corrected chi connectivity index (χ2v) is 8.38. The first kappa shape index (κ1) is 22.0. The van der Waals surface area contributed by atoms with Crippen LogP contribution in [-0.2, 0) is 5.60 Å². The SMILES string of the molecule is Cc1ccc(C)n1-c1cccc(C(O)(c2ccc3c(cnn3-c3ccccc3)c2)C(F)(F)F)c1. The Hall–Kier alpha value is -3.84. The van der Waals surface area contributed by atoms with E-state index in [1.165, 1.54) is 36.5 Å². The summed E-state index contributed by atoms with van der Waals surface area (Å²) in [5.41, 5.74) is 0.0606. The van der Waals surface area contributed by atoms with E-state index in [4.69, 9.17) is 0 Å². The number of aromatic nitrogens is 3. The third kappa shape index (κ3) is 3.40. The summed E-state index contributed by atoms with van der Waals surface area (Å²) >= 11 is 0. The molecule has 0 amide bonds. The van der Waals surface area contributed by atoms with Crippen molar-refractivity contribution in [2.45, 2.75) is 25.6 Å². The number of aliphatic hydroxyl groups is 1. The summed E-state index contributed by atoms with van der Waals surface area (Å²) in [6.45, 7) is 3.77. The average molecular weight is 461 g/mol. The van der Waals surface area contributed by atoms with E-state index >= 15 is 0 Å². The number of aryl methyl sites for hydroxylation is 2. The third-order valence-electron chi connectivity index (χ3n) is 6.19. The van der Waals surface area contributed by atoms with Gasteiger partial charge >= 0.3 is 6.18 Å². The number of rotatable bonds is 4. The summed E-state index contributed by atoms with van der Waals surface area (Å²) in [5, 5.41) is 16.1. The molecule has 3 aromatic carbocycles. The van der Waals surface area contributed by atoms with Gasteiger partial charge in [0.2, 0.25) is 5.60 Å². The van der Waals surface area contributed by atoms with Crippen LogP contribution in [0.2, 0.25) is 0 Å². The van der Waals surface area contributed by atoms with E-state index in [1.807, 2.05) is 60.9 Å². The molecule has 34 heavy (non-hydrogen) atoms. The monoisotopic (exact) mass is 461 g/mol. The highest BCUT2D eigenvalue weighted by Crippen LogP contribution is 2.45. The summed E-state index contributed by atoms with van der Waals surface area (Å²) in [6, 6.07) is 23.3. The van der Waals surface area contributed by atoms with Crippen LogP contribution in [-0.4, -0.2) is 25.6 Å². The molecule has 0 aliphatic carbocycles. The van der Waals surface area contributed by atoms with Crippen LogP contribution in [0.4, 0.5) is 13.2 Å². The Morgan fingerprint density at radius 2 is 1.38 bits per heavy atom. The highest BCUT2D eigenvalue weighted by atomic mass is 19.4. The van der Waals surface area contributed by atoms with Crippen molar-refractivity contribution < 1.29 is 18.3 Å². The molecule has 0 aliphatic heterocycles. The molecule has 4 nitrogen and oxygen atoms in total. The molecule has 2 heterocycles. The molecule has 1 N–H and O–H groups in total. The number of benzene rings is 3. The predicted molar refractivity (Wildman–Crippen MR) is 125 cm³/mol. The van der Waals surface area contributed by atoms with Gasteiger partial charge in [-0.05, 0) is 73.5 Å². The van der Waals surface area contributed by atoms with Gasteiger partial charge in [0.15, 0.2) is 0 Å². The minimum absolute atomic E-state index is 0.250. The van der Waals surface area contributed by atoms with Crippen LogP contribution in [0.3, 0.4) is 0 Å². The van der Waals surface area contributed by atoms with E-state index in [2.05, 4.69) is 5.10 Å². The van der Waals surface area contributed by atoms with Crippen LogP contribution >= 0.6 is 0 Å². The van der Waals surface area contributed by atoms with Crippen molar-refractivity contribution in [1.82, 2.24) is 14.3 Å². The second-order valence-electron chi connectivity index (χ2n) is 8.38. The minimum atomic E-state index is -4.95. The Bertz CT molecular complexity index is 1460. The standard InChI is InChI=1S/C27H22F3N3O/c1-18-11-12-19(2)32(18)24-10-6-7-21(16-24)26(34,27(28,29)30)22-13-14-25-20(15-22)17-31-33(25)23-8-4-3-5-9-23/h3-17,34H,1-2H3. The maximum atomic E-state index is 14.5. The average Bonchev–Trinajstić information content (AvgIpc) is 3.40. The first-order valence-corrected chi connectivity index (χ1v) is 10.8. The lowest BCUT2D eigenvalue weighted by molar-refractivity contribution is -0.248. The van der Waals surface area contributed by atoms with Gasteiger partial charge < -0.3 is 9.67 Å². The predicted octanol–water partition coefficient (Wildman–Crippen LogP) is 6.23. The quantitative estimate of drug-likeness (QED) is 0.345. The molecule has 0 aliphatic rings. The molecule has 0 spiro atoms. The lowest BCUT2D eigenvalue weighted by atomic mass is 9.85. The van der Waals surface area contributed by atoms with E-state index in [9.17, 15) is 18.3 Å². The van der Waals surface area contributed by atoms with E-state index in [-0.39, 0.29) is 11.1 Å². The fourth-order valence-corrected chi connectivity index (χ4v) is 4.47. The first-order chi connectivity index (χ1) is 16.2. The number of hydrogen-bond acceptors (Lipinski definition) is 2. The van der Waals surface area contributed by atoms with Crippen LogP contribution in [0.15, 0.2) is 91.1 Å². The van der Waals surface area contributed by atoms with Crippen LogP contribution in [0.25, 0.3) is 22.3 Å². The number of fused-ring (bicyclic) bond motifs is 1. The van der Waals surface area contributed by atoms with Crippen LogP contribution < -0.4 is 0 Å². The number of halogens is 3. The summed E-state index contributed by atoms with van der Waals surface area (Å²) in [5.74, 6) is 0. The molecular formula is C27H22F3N3O. The zero-order chi connectivity index (χ0) is 24.1. The number of nitrogens with zero attached hydrogens (tertiary/aromatic N) is 3. The van der Waals surface area contributed by atoms with E-state index in [0.29, 0.717) is 16.6 Å². The fraction of sp³-hybridized carbons (Fsp3) is 0.148. The summed E-state index contributed by atoms with van der Waals surface area (Å²) < 4.78 is 47.0. The molecule has 5 rings (SSSR count). The van der Waals surface area contributed by atoms with Crippen molar-refractivity contribution in [2.75, 3.05) is 0 Å². The minimum Gasteiger partial charge on any atom is -0.372 e. The maximum absolute atomic E-state index is 14.5. The number of para-hydroxylation sites is 1. The number of alkyl halides is 3. The normalized spacial score (nSPS) is 13.8. The Labute approximate surface area is 194 Å². The van der Waals surface area contributed by atoms with Crippen LogP contribution in [0.5, 0.6) is 0 Å². The van der Waals surface area contributed by atoms with Gasteiger partial charge in [-0.25, -0.2) is 4.68 Å². The molecule has 0 saturated heterocycles. The molecule has 0 bridgehead atoms. The molecule has 1 unspecified atom stereocenters. The smallest absolute Gasteiger partial charge is 0.372 e. The highest BCUT2D eigenvalue weighted by Gasteiger charge is 2.56. The Kier molecular flexibility index (Phi) is 5.10. The maximum Gasteiger partial charge on any atom is 0.425 e. The lowest BCUT2D eigenvalue weighted by Crippen LogP contribution is -2.43. The van der Waals surface area contributed by atoms with Crippen molar-refractivity contribution >= 4 is 10.9 Å². The largest absolute Gasteiger partial charge is 0.425 e. The Morgan fingerprint density at radius 3 is 2.06 bits per heavy atom. The van der Waals surface area contributed by atoms with E-state index in [0.717, 1.165) is 17.1 Å². The van der Waals surface area contributed by atoms with E-state index in [1.54, 1.807) is 16.8 Å². The molecule has 1 atom stereocenters. The van der Waals surface area contributed by atoms with E-state index < -0.39 is 11.8 Å². The number of hydrogen-bond donors (Lipinski definition) is 1. The van der Waals surface area contributed by atoms with Gasteiger partial charge in [-0.3, -0.25) is 0 Å². The summed E-state index contributed by atoms with van der Waals surface area (Å²) in [7, 11) is 0. The molecule has 172 valence electrons. The van der Waals surface area contributed by atoms with Crippen molar-refractivity contribution in [3.63, 3.8) is 0 Å². The zero-order valence-electron chi connectivity index (χ0n) is 18.6. The van der Waals surface area contributed by atoms with Crippen molar-refractivity contribution in [1.29, 1.82) is 0 Å². The molecule has 2 aromatic heterocycles. The first-order valence-electron chi connectivity index (χ1n) is 10.8. The summed E-state index contributed by atoms with van der Waals surface area (Å²) in [4.78, 5) is 0. The Balaban J connectivity index is 1.66. The molecule has 0 saturated carbocycles. The van der Waals surface area contributed by atoms with Gasteiger partial charge in [-0.15, -0.1) is 0 Å². The highest BCUT2D eigenvalue weighted by molar-refractivity contribution is 5.81. The van der Waals surface area contributed by atoms with Gasteiger partial charge in [0.25, 0.3) is 0 Å². The molecule has 7 heteroatoms. The van der Waals surface area contributed by atoms with Crippen molar-refractivity contribution in [3.8, 4) is 11.4 Å². The van der Waals surface area contributed by atoms with Gasteiger partial charge in [-0.1, -0.05) is 36.4 Å².